The number of nitrogens with one attached hydrogen (secondary N) is 2. The predicted octanol–water partition coefficient (Wildman–Crippen LogP) is 3.52. The number of benzene rings is 3. The summed E-state index contributed by atoms with van der Waals surface area (Å²) < 4.78 is 19.8. The van der Waals surface area contributed by atoms with Gasteiger partial charge in [0, 0.05) is 5.56 Å². The average molecular weight is 531 g/mol. The van der Waals surface area contributed by atoms with Crippen LogP contribution in [0.4, 0.5) is 14.9 Å². The summed E-state index contributed by atoms with van der Waals surface area (Å²) in [5.74, 6) is -0.931. The second kappa shape index (κ2) is 13.1. The maximum atomic E-state index is 13.5. The summed E-state index contributed by atoms with van der Waals surface area (Å²) in [7, 11) is 0. The number of aliphatic hydroxyl groups excluding tert-OH is 1. The molecule has 39 heavy (non-hydrogen) atoms. The number of nitrogens with zero attached hydrogens (tertiary/aromatic N) is 2. The fourth-order valence-electron chi connectivity index (χ4n) is 3.90. The normalized spacial score (nSPS) is 11.4. The number of anilines is 1. The van der Waals surface area contributed by atoms with Gasteiger partial charge >= 0.3 is 6.09 Å². The summed E-state index contributed by atoms with van der Waals surface area (Å²) in [6.45, 7) is -0.778. The number of aliphatic hydroxyl groups is 1. The first-order chi connectivity index (χ1) is 18.9. The molecule has 3 N–H and O–H groups in total. The lowest BCUT2D eigenvalue weighted by Gasteiger charge is -2.18. The molecule has 0 aliphatic heterocycles. The molecule has 0 fully saturated rings. The molecule has 0 radical (unpaired) electrons. The van der Waals surface area contributed by atoms with Crippen molar-refractivity contribution in [3.05, 3.63) is 118 Å². The highest BCUT2D eigenvalue weighted by Crippen LogP contribution is 2.18. The Labute approximate surface area is 223 Å². The number of rotatable bonds is 10. The van der Waals surface area contributed by atoms with Crippen molar-refractivity contribution in [1.29, 1.82) is 0 Å². The summed E-state index contributed by atoms with van der Waals surface area (Å²) in [5.41, 5.74) is 1.17. The van der Waals surface area contributed by atoms with Gasteiger partial charge in [-0.25, -0.2) is 14.2 Å². The van der Waals surface area contributed by atoms with Crippen molar-refractivity contribution in [3.8, 4) is 11.4 Å². The van der Waals surface area contributed by atoms with Gasteiger partial charge in [-0.15, -0.1) is 0 Å². The van der Waals surface area contributed by atoms with Crippen LogP contribution in [0.2, 0.25) is 0 Å². The van der Waals surface area contributed by atoms with Crippen molar-refractivity contribution in [3.63, 3.8) is 0 Å². The molecule has 0 saturated heterocycles. The lowest BCUT2D eigenvalue weighted by Crippen LogP contribution is -2.42. The molecule has 1 unspecified atom stereocenters. The Kier molecular flexibility index (Phi) is 9.15. The molecule has 0 bridgehead atoms. The molecule has 0 aliphatic rings. The minimum absolute atomic E-state index is 0.00563. The molecule has 9 nitrogen and oxygen atoms in total. The minimum atomic E-state index is -0.869. The Balaban J connectivity index is 1.54. The van der Waals surface area contributed by atoms with E-state index < -0.39 is 36.0 Å². The van der Waals surface area contributed by atoms with E-state index in [1.54, 1.807) is 24.3 Å². The van der Waals surface area contributed by atoms with Crippen molar-refractivity contribution in [2.24, 2.45) is 0 Å². The Morgan fingerprint density at radius 2 is 1.59 bits per heavy atom. The van der Waals surface area contributed by atoms with Crippen LogP contribution in [-0.4, -0.2) is 39.3 Å². The van der Waals surface area contributed by atoms with Crippen molar-refractivity contribution in [1.82, 2.24) is 14.9 Å². The zero-order chi connectivity index (χ0) is 27.6. The molecule has 1 aromatic heterocycles. The summed E-state index contributed by atoms with van der Waals surface area (Å²) >= 11 is 0. The second-order valence-electron chi connectivity index (χ2n) is 8.72. The molecule has 0 saturated carbocycles. The number of aromatic nitrogens is 2. The zero-order valence-corrected chi connectivity index (χ0v) is 20.9. The van der Waals surface area contributed by atoms with Crippen LogP contribution in [0.5, 0.6) is 0 Å². The zero-order valence-electron chi connectivity index (χ0n) is 20.9. The molecule has 3 aromatic carbocycles. The Hall–Kier alpha value is -4.83. The summed E-state index contributed by atoms with van der Waals surface area (Å²) in [6, 6.07) is 23.0. The molecular weight excluding hydrogens is 503 g/mol. The van der Waals surface area contributed by atoms with E-state index in [-0.39, 0.29) is 24.7 Å². The van der Waals surface area contributed by atoms with Gasteiger partial charge in [-0.3, -0.25) is 19.5 Å². The van der Waals surface area contributed by atoms with Crippen LogP contribution < -0.4 is 16.2 Å². The Morgan fingerprint density at radius 1 is 0.949 bits per heavy atom. The standard InChI is InChI=1S/C29H27FN4O5/c30-23-13-11-22(12-14-23)27-31-16-25(33-29(38)39-19-21-9-5-2-6-10-21)28(37)34(27)17-26(36)32-24(18-35)15-20-7-3-1-4-8-20/h1-14,16,24,35H,15,17-19H2,(H,32,36)(H,33,38). The fraction of sp³-hybridized carbons (Fsp3) is 0.172. The smallest absolute Gasteiger partial charge is 0.412 e. The predicted molar refractivity (Wildman–Crippen MR) is 143 cm³/mol. The molecule has 4 rings (SSSR count). The van der Waals surface area contributed by atoms with Gasteiger partial charge < -0.3 is 15.2 Å². The third-order valence-corrected chi connectivity index (χ3v) is 5.81. The van der Waals surface area contributed by atoms with Gasteiger partial charge in [-0.2, -0.15) is 0 Å². The van der Waals surface area contributed by atoms with E-state index in [2.05, 4.69) is 15.6 Å². The largest absolute Gasteiger partial charge is 0.444 e. The molecule has 0 spiro atoms. The van der Waals surface area contributed by atoms with Crippen LogP contribution in [-0.2, 0) is 29.1 Å². The first-order valence-corrected chi connectivity index (χ1v) is 12.2. The quantitative estimate of drug-likeness (QED) is 0.288. The van der Waals surface area contributed by atoms with E-state index in [9.17, 15) is 23.9 Å². The van der Waals surface area contributed by atoms with Crippen LogP contribution in [0.15, 0.2) is 95.9 Å². The summed E-state index contributed by atoms with van der Waals surface area (Å²) in [4.78, 5) is 43.0. The van der Waals surface area contributed by atoms with Crippen LogP contribution in [0.1, 0.15) is 11.1 Å². The third kappa shape index (κ3) is 7.59. The lowest BCUT2D eigenvalue weighted by atomic mass is 10.1. The summed E-state index contributed by atoms with van der Waals surface area (Å²) in [5, 5.41) is 14.9. The van der Waals surface area contributed by atoms with Crippen molar-refractivity contribution >= 4 is 17.7 Å². The number of ether oxygens (including phenoxy) is 1. The van der Waals surface area contributed by atoms with Crippen molar-refractivity contribution in [2.75, 3.05) is 11.9 Å². The maximum absolute atomic E-state index is 13.5. The van der Waals surface area contributed by atoms with E-state index in [4.69, 9.17) is 4.74 Å². The fourth-order valence-corrected chi connectivity index (χ4v) is 3.90. The van der Waals surface area contributed by atoms with E-state index in [1.165, 1.54) is 24.3 Å². The number of halogens is 1. The van der Waals surface area contributed by atoms with Crippen LogP contribution in [0, 0.1) is 5.82 Å². The first kappa shape index (κ1) is 27.2. The topological polar surface area (TPSA) is 123 Å². The van der Waals surface area contributed by atoms with E-state index in [1.807, 2.05) is 36.4 Å². The molecule has 1 atom stereocenters. The SMILES string of the molecule is O=C(Cn1c(-c2ccc(F)cc2)ncc(NC(=O)OCc2ccccc2)c1=O)NC(CO)Cc1ccccc1. The van der Waals surface area contributed by atoms with Gasteiger partial charge in [-0.05, 0) is 41.8 Å². The highest BCUT2D eigenvalue weighted by atomic mass is 19.1. The van der Waals surface area contributed by atoms with E-state index >= 15 is 0 Å². The molecule has 1 heterocycles. The van der Waals surface area contributed by atoms with Crippen LogP contribution >= 0.6 is 0 Å². The minimum Gasteiger partial charge on any atom is -0.444 e. The van der Waals surface area contributed by atoms with Crippen LogP contribution in [0.25, 0.3) is 11.4 Å². The summed E-state index contributed by atoms with van der Waals surface area (Å²) in [6.07, 6.45) is 0.674. The molecule has 200 valence electrons. The molecule has 4 aromatic rings. The first-order valence-electron chi connectivity index (χ1n) is 12.2. The van der Waals surface area contributed by atoms with Gasteiger partial charge in [0.25, 0.3) is 5.56 Å². The third-order valence-electron chi connectivity index (χ3n) is 5.81. The van der Waals surface area contributed by atoms with Gasteiger partial charge in [0.15, 0.2) is 0 Å². The number of hydrogen-bond acceptors (Lipinski definition) is 6. The Bertz CT molecular complexity index is 1460. The molecule has 2 amide bonds. The highest BCUT2D eigenvalue weighted by Gasteiger charge is 2.19. The molecule has 0 aliphatic carbocycles. The lowest BCUT2D eigenvalue weighted by molar-refractivity contribution is -0.122. The van der Waals surface area contributed by atoms with Gasteiger partial charge in [-0.1, -0.05) is 60.7 Å². The second-order valence-corrected chi connectivity index (χ2v) is 8.72. The number of carbonyl (C=O) groups excluding carboxylic acids is 2. The van der Waals surface area contributed by atoms with Crippen molar-refractivity contribution < 1.29 is 23.8 Å². The van der Waals surface area contributed by atoms with Crippen LogP contribution in [0.3, 0.4) is 0 Å². The molecular formula is C29H27FN4O5. The van der Waals surface area contributed by atoms with Gasteiger partial charge in [0.1, 0.15) is 30.5 Å². The molecule has 10 heteroatoms. The Morgan fingerprint density at radius 3 is 2.23 bits per heavy atom. The van der Waals surface area contributed by atoms with Gasteiger partial charge in [0.2, 0.25) is 5.91 Å². The number of hydrogen-bond donors (Lipinski definition) is 3. The highest BCUT2D eigenvalue weighted by molar-refractivity contribution is 5.84. The maximum Gasteiger partial charge on any atom is 0.412 e. The number of carbonyl (C=O) groups is 2. The average Bonchev–Trinajstić information content (AvgIpc) is 2.95. The van der Waals surface area contributed by atoms with E-state index in [0.717, 1.165) is 21.9 Å². The number of amides is 2. The van der Waals surface area contributed by atoms with Gasteiger partial charge in [0.05, 0.1) is 18.8 Å². The monoisotopic (exact) mass is 530 g/mol. The van der Waals surface area contributed by atoms with Crippen molar-refractivity contribution in [2.45, 2.75) is 25.6 Å². The van der Waals surface area contributed by atoms with E-state index in [0.29, 0.717) is 12.0 Å².